The average molecular weight is 431 g/mol. The van der Waals surface area contributed by atoms with Crippen molar-refractivity contribution in [2.24, 2.45) is 0 Å². The van der Waals surface area contributed by atoms with Crippen molar-refractivity contribution in [3.63, 3.8) is 0 Å². The highest BCUT2D eigenvalue weighted by Crippen LogP contribution is 2.32. The van der Waals surface area contributed by atoms with Gasteiger partial charge in [0.2, 0.25) is 11.9 Å². The summed E-state index contributed by atoms with van der Waals surface area (Å²) in [5, 5.41) is 9.41. The Labute approximate surface area is 180 Å². The molecule has 1 aromatic heterocycles. The first kappa shape index (κ1) is 20.5. The molecular weight excluding hydrogens is 404 g/mol. The molecule has 10 heteroatoms. The molecule has 4 rings (SSSR count). The molecule has 0 radical (unpaired) electrons. The van der Waals surface area contributed by atoms with E-state index in [0.717, 1.165) is 29.9 Å². The number of amides is 2. The van der Waals surface area contributed by atoms with Crippen molar-refractivity contribution in [3.05, 3.63) is 29.8 Å². The van der Waals surface area contributed by atoms with E-state index in [1.54, 1.807) is 16.7 Å². The first-order valence-corrected chi connectivity index (χ1v) is 11.1. The number of piperazine rings is 1. The van der Waals surface area contributed by atoms with Gasteiger partial charge in [0.05, 0.1) is 12.4 Å². The number of nitrogens with zero attached hydrogens (tertiary/aromatic N) is 6. The zero-order valence-corrected chi connectivity index (χ0v) is 18.1. The van der Waals surface area contributed by atoms with E-state index < -0.39 is 0 Å². The quantitative estimate of drug-likeness (QED) is 0.672. The van der Waals surface area contributed by atoms with Gasteiger partial charge in [-0.1, -0.05) is 29.5 Å². The van der Waals surface area contributed by atoms with Gasteiger partial charge in [-0.25, -0.2) is 4.79 Å². The minimum absolute atomic E-state index is 0.0502. The predicted octanol–water partition coefficient (Wildman–Crippen LogP) is 2.13. The fraction of sp³-hybridized carbons (Fsp3) is 0.500. The van der Waals surface area contributed by atoms with Crippen LogP contribution in [0.25, 0.3) is 0 Å². The number of ether oxygens (including phenoxy) is 1. The van der Waals surface area contributed by atoms with Gasteiger partial charge in [0.15, 0.2) is 5.16 Å². The average Bonchev–Trinajstić information content (AvgIpc) is 3.35. The van der Waals surface area contributed by atoms with Crippen LogP contribution in [0.2, 0.25) is 0 Å². The van der Waals surface area contributed by atoms with Gasteiger partial charge in [0.1, 0.15) is 0 Å². The van der Waals surface area contributed by atoms with E-state index in [-0.39, 0.29) is 12.0 Å². The first-order valence-electron chi connectivity index (χ1n) is 10.2. The zero-order chi connectivity index (χ0) is 21.1. The number of carbonyl (C=O) groups is 2. The van der Waals surface area contributed by atoms with Crippen LogP contribution < -0.4 is 4.90 Å². The number of anilines is 2. The lowest BCUT2D eigenvalue weighted by atomic mass is 10.2. The fourth-order valence-corrected chi connectivity index (χ4v) is 4.49. The Balaban J connectivity index is 1.31. The van der Waals surface area contributed by atoms with Crippen LogP contribution in [0.15, 0.2) is 29.4 Å². The maximum Gasteiger partial charge on any atom is 0.409 e. The molecule has 1 saturated heterocycles. The van der Waals surface area contributed by atoms with Crippen molar-refractivity contribution in [1.29, 1.82) is 0 Å². The minimum atomic E-state index is -0.309. The lowest BCUT2D eigenvalue weighted by Gasteiger charge is -2.34. The zero-order valence-electron chi connectivity index (χ0n) is 17.3. The molecule has 0 aliphatic carbocycles. The summed E-state index contributed by atoms with van der Waals surface area (Å²) < 4.78 is 7.09. The third kappa shape index (κ3) is 4.23. The van der Waals surface area contributed by atoms with Crippen LogP contribution in [0.1, 0.15) is 12.5 Å². The van der Waals surface area contributed by atoms with Crippen LogP contribution in [0.3, 0.4) is 0 Å². The molecule has 0 N–H and O–H groups in total. The van der Waals surface area contributed by atoms with E-state index in [4.69, 9.17) is 4.74 Å². The number of aromatic nitrogens is 3. The van der Waals surface area contributed by atoms with Crippen molar-refractivity contribution in [2.75, 3.05) is 50.0 Å². The molecular formula is C20H26N6O3S. The van der Waals surface area contributed by atoms with E-state index in [1.807, 2.05) is 0 Å². The number of fused-ring (bicyclic) bond motifs is 1. The van der Waals surface area contributed by atoms with Crippen molar-refractivity contribution >= 4 is 35.4 Å². The Hall–Kier alpha value is -2.75. The third-order valence-corrected chi connectivity index (χ3v) is 6.27. The SMILES string of the molecule is CCOC(=O)N1CCN(C(=O)CSc2nnc3n2CCN3c2ccc(C)cc2)CC1. The number of aryl methyl sites for hydroxylation is 1. The molecule has 9 nitrogen and oxygen atoms in total. The maximum absolute atomic E-state index is 12.6. The molecule has 0 atom stereocenters. The number of hydrogen-bond acceptors (Lipinski definition) is 7. The van der Waals surface area contributed by atoms with Crippen molar-refractivity contribution in [2.45, 2.75) is 25.5 Å². The van der Waals surface area contributed by atoms with Crippen LogP contribution >= 0.6 is 11.8 Å². The molecule has 1 fully saturated rings. The number of benzene rings is 1. The maximum atomic E-state index is 12.6. The van der Waals surface area contributed by atoms with E-state index in [2.05, 4.69) is 50.9 Å². The third-order valence-electron chi connectivity index (χ3n) is 5.31. The van der Waals surface area contributed by atoms with Crippen LogP contribution in [-0.4, -0.2) is 81.6 Å². The van der Waals surface area contributed by atoms with E-state index >= 15 is 0 Å². The molecule has 2 amide bonds. The van der Waals surface area contributed by atoms with Gasteiger partial charge in [0.25, 0.3) is 0 Å². The Morgan fingerprint density at radius 3 is 2.40 bits per heavy atom. The highest BCUT2D eigenvalue weighted by atomic mass is 32.2. The lowest BCUT2D eigenvalue weighted by Crippen LogP contribution is -2.51. The molecule has 0 unspecified atom stereocenters. The standard InChI is InChI=1S/C20H26N6O3S/c1-3-29-20(28)24-10-8-23(9-11-24)17(27)14-30-19-22-21-18-25(12-13-26(18)19)16-6-4-15(2)5-7-16/h4-7H,3,8-14H2,1-2H3. The highest BCUT2D eigenvalue weighted by Gasteiger charge is 2.28. The molecule has 2 aliphatic rings. The normalized spacial score (nSPS) is 16.0. The second-order valence-electron chi connectivity index (χ2n) is 7.28. The van der Waals surface area contributed by atoms with Gasteiger partial charge in [0, 0.05) is 45.0 Å². The Bertz CT molecular complexity index is 908. The van der Waals surface area contributed by atoms with Gasteiger partial charge in [-0.3, -0.25) is 9.36 Å². The van der Waals surface area contributed by atoms with Gasteiger partial charge in [-0.2, -0.15) is 0 Å². The second kappa shape index (κ2) is 8.95. The summed E-state index contributed by atoms with van der Waals surface area (Å²) >= 11 is 1.42. The summed E-state index contributed by atoms with van der Waals surface area (Å²) in [6, 6.07) is 8.35. The summed E-state index contributed by atoms with van der Waals surface area (Å²) in [5.41, 5.74) is 2.32. The van der Waals surface area contributed by atoms with E-state index in [1.165, 1.54) is 17.3 Å². The monoisotopic (exact) mass is 430 g/mol. The lowest BCUT2D eigenvalue weighted by molar-refractivity contribution is -0.129. The number of rotatable bonds is 5. The van der Waals surface area contributed by atoms with Gasteiger partial charge in [-0.15, -0.1) is 10.2 Å². The summed E-state index contributed by atoms with van der Waals surface area (Å²) in [6.07, 6.45) is -0.309. The Kier molecular flexibility index (Phi) is 6.12. The number of carbonyl (C=O) groups excluding carboxylic acids is 2. The second-order valence-corrected chi connectivity index (χ2v) is 8.22. The summed E-state index contributed by atoms with van der Waals surface area (Å²) in [5.74, 6) is 1.17. The molecule has 2 aliphatic heterocycles. The molecule has 1 aromatic carbocycles. The minimum Gasteiger partial charge on any atom is -0.450 e. The molecule has 0 bridgehead atoms. The van der Waals surface area contributed by atoms with Crippen LogP contribution in [0, 0.1) is 6.92 Å². The van der Waals surface area contributed by atoms with Crippen LogP contribution in [0.4, 0.5) is 16.4 Å². The van der Waals surface area contributed by atoms with Crippen molar-refractivity contribution in [1.82, 2.24) is 24.6 Å². The summed E-state index contributed by atoms with van der Waals surface area (Å²) in [4.78, 5) is 30.0. The number of thioether (sulfide) groups is 1. The Morgan fingerprint density at radius 2 is 1.70 bits per heavy atom. The molecule has 2 aromatic rings. The molecule has 160 valence electrons. The molecule has 0 saturated carbocycles. The van der Waals surface area contributed by atoms with Crippen molar-refractivity contribution < 1.29 is 14.3 Å². The highest BCUT2D eigenvalue weighted by molar-refractivity contribution is 7.99. The van der Waals surface area contributed by atoms with Crippen LogP contribution in [0.5, 0.6) is 0 Å². The topological polar surface area (TPSA) is 83.8 Å². The Morgan fingerprint density at radius 1 is 1.00 bits per heavy atom. The van der Waals surface area contributed by atoms with Crippen LogP contribution in [-0.2, 0) is 16.1 Å². The van der Waals surface area contributed by atoms with E-state index in [9.17, 15) is 9.59 Å². The first-order chi connectivity index (χ1) is 14.6. The van der Waals surface area contributed by atoms with Gasteiger partial charge < -0.3 is 19.4 Å². The summed E-state index contributed by atoms with van der Waals surface area (Å²) in [7, 11) is 0. The number of hydrogen-bond donors (Lipinski definition) is 0. The predicted molar refractivity (Wildman–Crippen MR) is 114 cm³/mol. The van der Waals surface area contributed by atoms with Crippen molar-refractivity contribution in [3.8, 4) is 0 Å². The largest absolute Gasteiger partial charge is 0.450 e. The molecule has 30 heavy (non-hydrogen) atoms. The fourth-order valence-electron chi connectivity index (χ4n) is 3.62. The molecule has 0 spiro atoms. The van der Waals surface area contributed by atoms with E-state index in [0.29, 0.717) is 38.5 Å². The van der Waals surface area contributed by atoms with Gasteiger partial charge >= 0.3 is 6.09 Å². The molecule has 3 heterocycles. The smallest absolute Gasteiger partial charge is 0.409 e. The summed E-state index contributed by atoms with van der Waals surface area (Å²) in [6.45, 7) is 7.90. The van der Waals surface area contributed by atoms with Gasteiger partial charge in [-0.05, 0) is 26.0 Å².